The van der Waals surface area contributed by atoms with E-state index in [1.807, 2.05) is 0 Å². The van der Waals surface area contributed by atoms with Crippen molar-refractivity contribution in [3.63, 3.8) is 0 Å². The fourth-order valence-corrected chi connectivity index (χ4v) is 9.76. The molecule has 0 heterocycles. The maximum Gasteiger partial charge on any atom is 0.305 e. The smallest absolute Gasteiger partial charge is 0.305 e. The van der Waals surface area contributed by atoms with Gasteiger partial charge in [-0.3, -0.25) is 9.59 Å². The summed E-state index contributed by atoms with van der Waals surface area (Å²) in [5.41, 5.74) is 0. The quantitative estimate of drug-likeness (QED) is 0.0417. The van der Waals surface area contributed by atoms with E-state index < -0.39 is 12.1 Å². The second-order valence-corrected chi connectivity index (χ2v) is 21.1. The minimum Gasteiger partial charge on any atom is -0.466 e. The summed E-state index contributed by atoms with van der Waals surface area (Å²) in [4.78, 5) is 24.5. The molecule has 0 saturated heterocycles. The molecule has 394 valence electrons. The lowest BCUT2D eigenvalue weighted by atomic mass is 10.0. The maximum atomic E-state index is 12.5. The Kier molecular flexibility index (Phi) is 55.5. The highest BCUT2D eigenvalue weighted by Gasteiger charge is 2.20. The molecule has 0 aromatic heterocycles. The van der Waals surface area contributed by atoms with Gasteiger partial charge >= 0.3 is 5.97 Å². The third-order valence-corrected chi connectivity index (χ3v) is 14.4. The molecule has 6 nitrogen and oxygen atoms in total. The van der Waals surface area contributed by atoms with Gasteiger partial charge in [-0.1, -0.05) is 309 Å². The standard InChI is InChI=1S/C60H119NO5/c1-3-5-7-9-11-13-15-17-25-28-32-36-40-44-48-52-58(63)57(56-62)61-59(64)53-49-45-41-37-33-29-26-23-21-19-20-22-24-27-31-35-39-43-47-51-55-66-60(65)54-50-46-42-38-34-30-18-16-14-12-10-8-6-4-2/h57-58,62-63H,3-56H2,1-2H3,(H,61,64). The predicted octanol–water partition coefficient (Wildman–Crippen LogP) is 18.7. The van der Waals surface area contributed by atoms with Crippen LogP contribution in [0.5, 0.6) is 0 Å². The monoisotopic (exact) mass is 934 g/mol. The number of amides is 1. The SMILES string of the molecule is CCCCCCCCCCCCCCCCCC(O)C(CO)NC(=O)CCCCCCCCCCCCCCCCCCCCCCOC(=O)CCCCCCCCCCCCCCCC. The number of carbonyl (C=O) groups is 2. The average Bonchev–Trinajstić information content (AvgIpc) is 3.32. The Balaban J connectivity index is 3.37. The molecule has 0 fully saturated rings. The van der Waals surface area contributed by atoms with Gasteiger partial charge in [0.05, 0.1) is 25.4 Å². The van der Waals surface area contributed by atoms with Crippen LogP contribution in [0.4, 0.5) is 0 Å². The first-order valence-corrected chi connectivity index (χ1v) is 30.3. The van der Waals surface area contributed by atoms with Crippen molar-refractivity contribution in [3.8, 4) is 0 Å². The van der Waals surface area contributed by atoms with E-state index in [-0.39, 0.29) is 18.5 Å². The normalized spacial score (nSPS) is 12.5. The van der Waals surface area contributed by atoms with E-state index in [0.29, 0.717) is 25.9 Å². The lowest BCUT2D eigenvalue weighted by Crippen LogP contribution is -2.45. The molecular formula is C60H119NO5. The van der Waals surface area contributed by atoms with Gasteiger partial charge in [-0.15, -0.1) is 0 Å². The van der Waals surface area contributed by atoms with Crippen molar-refractivity contribution in [2.45, 2.75) is 360 Å². The van der Waals surface area contributed by atoms with Crippen molar-refractivity contribution < 1.29 is 24.5 Å². The second kappa shape index (κ2) is 56.4. The van der Waals surface area contributed by atoms with Crippen molar-refractivity contribution in [2.24, 2.45) is 0 Å². The topological polar surface area (TPSA) is 95.9 Å². The van der Waals surface area contributed by atoms with E-state index in [1.54, 1.807) is 0 Å². The zero-order chi connectivity index (χ0) is 47.9. The number of ether oxygens (including phenoxy) is 1. The highest BCUT2D eigenvalue weighted by Crippen LogP contribution is 2.18. The minimum atomic E-state index is -0.664. The Morgan fingerprint density at radius 1 is 0.364 bits per heavy atom. The van der Waals surface area contributed by atoms with Crippen LogP contribution in [0.2, 0.25) is 0 Å². The van der Waals surface area contributed by atoms with Crippen LogP contribution in [-0.2, 0) is 14.3 Å². The van der Waals surface area contributed by atoms with Crippen LogP contribution < -0.4 is 5.32 Å². The first-order valence-electron chi connectivity index (χ1n) is 30.3. The Morgan fingerprint density at radius 2 is 0.621 bits per heavy atom. The summed E-state index contributed by atoms with van der Waals surface area (Å²) < 4.78 is 5.48. The molecular weight excluding hydrogens is 815 g/mol. The second-order valence-electron chi connectivity index (χ2n) is 21.1. The van der Waals surface area contributed by atoms with Gasteiger partial charge in [0.25, 0.3) is 0 Å². The Labute approximate surface area is 413 Å². The van der Waals surface area contributed by atoms with Gasteiger partial charge in [-0.2, -0.15) is 0 Å². The molecule has 0 aliphatic rings. The lowest BCUT2D eigenvalue weighted by molar-refractivity contribution is -0.143. The van der Waals surface area contributed by atoms with E-state index in [9.17, 15) is 19.8 Å². The molecule has 0 radical (unpaired) electrons. The number of nitrogens with one attached hydrogen (secondary N) is 1. The number of rotatable bonds is 57. The number of hydrogen-bond acceptors (Lipinski definition) is 5. The lowest BCUT2D eigenvalue weighted by Gasteiger charge is -2.22. The number of unbranched alkanes of at least 4 members (excludes halogenated alkanes) is 46. The summed E-state index contributed by atoms with van der Waals surface area (Å²) in [5.74, 6) is -0.0200. The molecule has 1 amide bonds. The van der Waals surface area contributed by atoms with Crippen LogP contribution in [0.1, 0.15) is 348 Å². The molecule has 2 atom stereocenters. The summed E-state index contributed by atoms with van der Waals surface area (Å²) in [5, 5.41) is 23.3. The number of carbonyl (C=O) groups excluding carboxylic acids is 2. The predicted molar refractivity (Wildman–Crippen MR) is 287 cm³/mol. The molecule has 3 N–H and O–H groups in total. The molecule has 0 bridgehead atoms. The van der Waals surface area contributed by atoms with Crippen LogP contribution in [0.25, 0.3) is 0 Å². The van der Waals surface area contributed by atoms with Crippen LogP contribution >= 0.6 is 0 Å². The number of aliphatic hydroxyl groups excluding tert-OH is 2. The fraction of sp³-hybridized carbons (Fsp3) is 0.967. The molecule has 0 rings (SSSR count). The molecule has 6 heteroatoms. The maximum absolute atomic E-state index is 12.5. The van der Waals surface area contributed by atoms with E-state index in [1.165, 1.54) is 276 Å². The Morgan fingerprint density at radius 3 is 0.924 bits per heavy atom. The van der Waals surface area contributed by atoms with Gasteiger partial charge < -0.3 is 20.3 Å². The van der Waals surface area contributed by atoms with Crippen LogP contribution in [0, 0.1) is 0 Å². The summed E-state index contributed by atoms with van der Waals surface area (Å²) in [6.07, 6.45) is 65.3. The van der Waals surface area contributed by atoms with Crippen molar-refractivity contribution in [1.29, 1.82) is 0 Å². The van der Waals surface area contributed by atoms with Crippen molar-refractivity contribution in [1.82, 2.24) is 5.32 Å². The first kappa shape index (κ1) is 64.9. The van der Waals surface area contributed by atoms with Gasteiger partial charge in [0.1, 0.15) is 0 Å². The molecule has 0 aliphatic heterocycles. The molecule has 0 aromatic carbocycles. The summed E-state index contributed by atoms with van der Waals surface area (Å²) in [6, 6.07) is -0.541. The minimum absolute atomic E-state index is 0.0139. The average molecular weight is 935 g/mol. The van der Waals surface area contributed by atoms with Gasteiger partial charge in [-0.25, -0.2) is 0 Å². The molecule has 0 saturated carbocycles. The summed E-state index contributed by atoms with van der Waals surface area (Å²) in [6.45, 7) is 4.98. The van der Waals surface area contributed by atoms with Crippen molar-refractivity contribution in [2.75, 3.05) is 13.2 Å². The van der Waals surface area contributed by atoms with Crippen LogP contribution in [0.15, 0.2) is 0 Å². The summed E-state index contributed by atoms with van der Waals surface area (Å²) >= 11 is 0. The third-order valence-electron chi connectivity index (χ3n) is 14.4. The third kappa shape index (κ3) is 52.2. The first-order chi connectivity index (χ1) is 32.5. The van der Waals surface area contributed by atoms with Gasteiger partial charge in [-0.05, 0) is 25.7 Å². The van der Waals surface area contributed by atoms with E-state index >= 15 is 0 Å². The van der Waals surface area contributed by atoms with E-state index in [4.69, 9.17) is 4.74 Å². The zero-order valence-electron chi connectivity index (χ0n) is 45.0. The zero-order valence-corrected chi connectivity index (χ0v) is 45.0. The molecule has 0 aromatic rings. The Hall–Kier alpha value is -1.14. The molecule has 66 heavy (non-hydrogen) atoms. The van der Waals surface area contributed by atoms with Crippen molar-refractivity contribution in [3.05, 3.63) is 0 Å². The molecule has 0 aliphatic carbocycles. The largest absolute Gasteiger partial charge is 0.466 e. The number of aliphatic hydroxyl groups is 2. The number of esters is 1. The molecule has 2 unspecified atom stereocenters. The van der Waals surface area contributed by atoms with E-state index in [2.05, 4.69) is 19.2 Å². The van der Waals surface area contributed by atoms with Gasteiger partial charge in [0, 0.05) is 12.8 Å². The van der Waals surface area contributed by atoms with Gasteiger partial charge in [0.2, 0.25) is 5.91 Å². The van der Waals surface area contributed by atoms with Crippen LogP contribution in [-0.4, -0.2) is 47.4 Å². The van der Waals surface area contributed by atoms with E-state index in [0.717, 1.165) is 38.5 Å². The molecule has 0 spiro atoms. The fourth-order valence-electron chi connectivity index (χ4n) is 9.76. The van der Waals surface area contributed by atoms with Crippen LogP contribution in [0.3, 0.4) is 0 Å². The van der Waals surface area contributed by atoms with Crippen molar-refractivity contribution >= 4 is 11.9 Å². The van der Waals surface area contributed by atoms with Gasteiger partial charge in [0.15, 0.2) is 0 Å². The number of hydrogen-bond donors (Lipinski definition) is 3. The highest BCUT2D eigenvalue weighted by atomic mass is 16.5. The summed E-state index contributed by atoms with van der Waals surface area (Å²) in [7, 11) is 0. The Bertz CT molecular complexity index is 944. The highest BCUT2D eigenvalue weighted by molar-refractivity contribution is 5.76.